The van der Waals surface area contributed by atoms with Crippen molar-refractivity contribution in [2.45, 2.75) is 32.2 Å². The van der Waals surface area contributed by atoms with Crippen LogP contribution in [0.2, 0.25) is 0 Å². The number of hydrogen-bond donors (Lipinski definition) is 1. The number of aromatic nitrogens is 2. The molecule has 6 nitrogen and oxygen atoms in total. The van der Waals surface area contributed by atoms with Crippen molar-refractivity contribution in [1.29, 1.82) is 0 Å². The first kappa shape index (κ1) is 19.3. The molecule has 1 aliphatic rings. The molecule has 1 aliphatic heterocycles. The van der Waals surface area contributed by atoms with Crippen LogP contribution in [0.5, 0.6) is 5.75 Å². The number of pyridine rings is 1. The maximum absolute atomic E-state index is 13.1. The normalized spacial score (nSPS) is 14.9. The van der Waals surface area contributed by atoms with Crippen LogP contribution in [-0.2, 0) is 0 Å². The summed E-state index contributed by atoms with van der Waals surface area (Å²) in [6, 6.07) is 12.2. The van der Waals surface area contributed by atoms with E-state index >= 15 is 0 Å². The lowest BCUT2D eigenvalue weighted by Crippen LogP contribution is -2.46. The molecule has 0 aliphatic carbocycles. The second-order valence-electron chi connectivity index (χ2n) is 7.56. The van der Waals surface area contributed by atoms with Crippen LogP contribution in [0.25, 0.3) is 10.9 Å². The maximum atomic E-state index is 13.1. The highest BCUT2D eigenvalue weighted by molar-refractivity contribution is 6.06. The largest absolute Gasteiger partial charge is 0.490 e. The van der Waals surface area contributed by atoms with E-state index in [4.69, 9.17) is 4.74 Å². The zero-order valence-corrected chi connectivity index (χ0v) is 17.1. The first-order chi connectivity index (χ1) is 14.2. The Morgan fingerprint density at radius 3 is 2.83 bits per heavy atom. The molecule has 0 bridgehead atoms. The molecule has 1 aromatic carbocycles. The number of aromatic amines is 1. The Morgan fingerprint density at radius 1 is 1.24 bits per heavy atom. The summed E-state index contributed by atoms with van der Waals surface area (Å²) in [7, 11) is 2.07. The fourth-order valence-corrected chi connectivity index (χ4v) is 4.02. The predicted molar refractivity (Wildman–Crippen MR) is 116 cm³/mol. The molecule has 0 spiro atoms. The third kappa shape index (κ3) is 3.92. The highest BCUT2D eigenvalue weighted by Crippen LogP contribution is 2.29. The number of carbonyl (C=O) groups is 1. The minimum Gasteiger partial charge on any atom is -0.490 e. The quantitative estimate of drug-likeness (QED) is 0.686. The van der Waals surface area contributed by atoms with E-state index in [1.54, 1.807) is 6.20 Å². The Bertz CT molecular complexity index is 976. The minimum absolute atomic E-state index is 0.105. The Labute approximate surface area is 171 Å². The van der Waals surface area contributed by atoms with Crippen molar-refractivity contribution in [3.05, 3.63) is 54.4 Å². The Hall–Kier alpha value is -3.02. The second-order valence-corrected chi connectivity index (χ2v) is 7.56. The zero-order chi connectivity index (χ0) is 20.2. The van der Waals surface area contributed by atoms with Crippen molar-refractivity contribution in [2.75, 3.05) is 31.6 Å². The standard InChI is InChI=1S/C23H28N4O2/c1-3-15-29-21-9-6-12-24-22(21)26(2)17-10-13-27(14-11-17)23(28)19-16-25-20-8-5-4-7-18(19)20/h4-9,12,16-17,25H,3,10-11,13-15H2,1-2H3. The number of hydrogen-bond acceptors (Lipinski definition) is 4. The van der Waals surface area contributed by atoms with E-state index in [-0.39, 0.29) is 5.91 Å². The van der Waals surface area contributed by atoms with Gasteiger partial charge < -0.3 is 19.5 Å². The van der Waals surface area contributed by atoms with Crippen molar-refractivity contribution < 1.29 is 9.53 Å². The number of nitrogens with one attached hydrogen (secondary N) is 1. The molecule has 0 saturated carbocycles. The van der Waals surface area contributed by atoms with Crippen LogP contribution < -0.4 is 9.64 Å². The number of amides is 1. The van der Waals surface area contributed by atoms with Gasteiger partial charge in [0.25, 0.3) is 5.91 Å². The fraction of sp³-hybridized carbons (Fsp3) is 0.391. The molecule has 0 radical (unpaired) electrons. The summed E-state index contributed by atoms with van der Waals surface area (Å²) in [4.78, 5) is 25.0. The molecule has 1 amide bonds. The summed E-state index contributed by atoms with van der Waals surface area (Å²) in [5, 5.41) is 0.989. The summed E-state index contributed by atoms with van der Waals surface area (Å²) in [5.74, 6) is 1.81. The van der Waals surface area contributed by atoms with Crippen LogP contribution in [-0.4, -0.2) is 53.6 Å². The maximum Gasteiger partial charge on any atom is 0.256 e. The van der Waals surface area contributed by atoms with Gasteiger partial charge in [0.05, 0.1) is 12.2 Å². The SMILES string of the molecule is CCCOc1cccnc1N(C)C1CCN(C(=O)c2c[nH]c3ccccc23)CC1. The highest BCUT2D eigenvalue weighted by atomic mass is 16.5. The molecule has 152 valence electrons. The Kier molecular flexibility index (Phi) is 5.69. The summed E-state index contributed by atoms with van der Waals surface area (Å²) < 4.78 is 5.88. The molecule has 3 heterocycles. The molecule has 1 fully saturated rings. The predicted octanol–water partition coefficient (Wildman–Crippen LogP) is 4.09. The molecule has 1 saturated heterocycles. The van der Waals surface area contributed by atoms with Crippen LogP contribution in [0.1, 0.15) is 36.5 Å². The average molecular weight is 393 g/mol. The first-order valence-electron chi connectivity index (χ1n) is 10.3. The third-order valence-electron chi connectivity index (χ3n) is 5.67. The van der Waals surface area contributed by atoms with Gasteiger partial charge in [0, 0.05) is 49.5 Å². The number of rotatable bonds is 6. The summed E-state index contributed by atoms with van der Waals surface area (Å²) in [6.07, 6.45) is 6.42. The first-order valence-corrected chi connectivity index (χ1v) is 10.3. The topological polar surface area (TPSA) is 61.5 Å². The monoisotopic (exact) mass is 392 g/mol. The molecular weight excluding hydrogens is 364 g/mol. The van der Waals surface area contributed by atoms with E-state index in [0.717, 1.165) is 60.4 Å². The van der Waals surface area contributed by atoms with Gasteiger partial charge in [-0.3, -0.25) is 4.79 Å². The molecule has 6 heteroatoms. The second kappa shape index (κ2) is 8.55. The Balaban J connectivity index is 1.42. The number of likely N-dealkylation sites (tertiary alicyclic amines) is 1. The van der Waals surface area contributed by atoms with E-state index < -0.39 is 0 Å². The number of carbonyl (C=O) groups excluding carboxylic acids is 1. The molecule has 4 rings (SSSR count). The van der Waals surface area contributed by atoms with E-state index in [0.29, 0.717) is 12.6 Å². The lowest BCUT2D eigenvalue weighted by atomic mass is 10.0. The van der Waals surface area contributed by atoms with Gasteiger partial charge in [-0.1, -0.05) is 25.1 Å². The highest BCUT2D eigenvalue weighted by Gasteiger charge is 2.28. The van der Waals surface area contributed by atoms with Crippen LogP contribution in [0.4, 0.5) is 5.82 Å². The average Bonchev–Trinajstić information content (AvgIpc) is 3.21. The molecular formula is C23H28N4O2. The van der Waals surface area contributed by atoms with Crippen molar-refractivity contribution in [3.63, 3.8) is 0 Å². The number of para-hydroxylation sites is 1. The number of anilines is 1. The molecule has 2 aromatic heterocycles. The minimum atomic E-state index is 0.105. The van der Waals surface area contributed by atoms with Gasteiger partial charge in [0.1, 0.15) is 0 Å². The van der Waals surface area contributed by atoms with Crippen LogP contribution in [0, 0.1) is 0 Å². The van der Waals surface area contributed by atoms with Gasteiger partial charge in [-0.15, -0.1) is 0 Å². The van der Waals surface area contributed by atoms with Gasteiger partial charge in [-0.25, -0.2) is 4.98 Å². The molecule has 1 N–H and O–H groups in total. The van der Waals surface area contributed by atoms with E-state index in [9.17, 15) is 4.79 Å². The number of nitrogens with zero attached hydrogens (tertiary/aromatic N) is 3. The number of piperidine rings is 1. The van der Waals surface area contributed by atoms with Gasteiger partial charge in [0.2, 0.25) is 0 Å². The lowest BCUT2D eigenvalue weighted by Gasteiger charge is -2.37. The van der Waals surface area contributed by atoms with Crippen LogP contribution in [0.15, 0.2) is 48.8 Å². The van der Waals surface area contributed by atoms with Crippen molar-refractivity contribution >= 4 is 22.6 Å². The number of fused-ring (bicyclic) bond motifs is 1. The van der Waals surface area contributed by atoms with E-state index in [1.807, 2.05) is 47.5 Å². The number of H-pyrrole nitrogens is 1. The molecule has 0 unspecified atom stereocenters. The molecule has 0 atom stereocenters. The van der Waals surface area contributed by atoms with Crippen molar-refractivity contribution in [2.24, 2.45) is 0 Å². The fourth-order valence-electron chi connectivity index (χ4n) is 4.02. The smallest absolute Gasteiger partial charge is 0.256 e. The Morgan fingerprint density at radius 2 is 2.03 bits per heavy atom. The summed E-state index contributed by atoms with van der Waals surface area (Å²) >= 11 is 0. The third-order valence-corrected chi connectivity index (χ3v) is 5.67. The number of ether oxygens (including phenoxy) is 1. The number of benzene rings is 1. The van der Waals surface area contributed by atoms with Crippen molar-refractivity contribution in [1.82, 2.24) is 14.9 Å². The van der Waals surface area contributed by atoms with Crippen molar-refractivity contribution in [3.8, 4) is 5.75 Å². The van der Waals surface area contributed by atoms with E-state index in [2.05, 4.69) is 28.8 Å². The summed E-state index contributed by atoms with van der Waals surface area (Å²) in [6.45, 7) is 4.26. The zero-order valence-electron chi connectivity index (χ0n) is 17.1. The van der Waals surface area contributed by atoms with Gasteiger partial charge in [-0.2, -0.15) is 0 Å². The lowest BCUT2D eigenvalue weighted by molar-refractivity contribution is 0.0715. The molecule has 29 heavy (non-hydrogen) atoms. The van der Waals surface area contributed by atoms with Gasteiger partial charge in [-0.05, 0) is 37.5 Å². The van der Waals surface area contributed by atoms with Gasteiger partial charge >= 0.3 is 0 Å². The van der Waals surface area contributed by atoms with E-state index in [1.165, 1.54) is 0 Å². The summed E-state index contributed by atoms with van der Waals surface area (Å²) in [5.41, 5.74) is 1.76. The van der Waals surface area contributed by atoms with Gasteiger partial charge in [0.15, 0.2) is 11.6 Å². The molecule has 3 aromatic rings. The van der Waals surface area contributed by atoms with Crippen LogP contribution >= 0.6 is 0 Å². The van der Waals surface area contributed by atoms with Crippen LogP contribution in [0.3, 0.4) is 0 Å².